The van der Waals surface area contributed by atoms with Crippen molar-refractivity contribution in [1.82, 2.24) is 4.98 Å². The molecule has 0 fully saturated rings. The van der Waals surface area contributed by atoms with Crippen molar-refractivity contribution in [3.8, 4) is 22.1 Å². The van der Waals surface area contributed by atoms with E-state index in [9.17, 15) is 0 Å². The first-order valence-electron chi connectivity index (χ1n) is 6.15. The van der Waals surface area contributed by atoms with Gasteiger partial charge < -0.3 is 4.98 Å². The number of nitriles is 2. The van der Waals surface area contributed by atoms with E-state index in [2.05, 4.69) is 54.5 Å². The Morgan fingerprint density at radius 3 is 2.04 bits per heavy atom. The maximum atomic E-state index is 7.18. The van der Waals surface area contributed by atoms with E-state index in [-0.39, 0.29) is 20.1 Å². The fraction of sp³-hybridized carbons (Fsp3) is 0. The quantitative estimate of drug-likeness (QED) is 0.286. The number of fused-ring (bicyclic) bond motifs is 1. The number of benzene rings is 2. The van der Waals surface area contributed by atoms with Crippen LogP contribution >= 0.6 is 25.3 Å². The van der Waals surface area contributed by atoms with Gasteiger partial charge in [0.2, 0.25) is 0 Å². The molecule has 0 amide bonds. The number of nitrogens with zero attached hydrogens (tertiary/aromatic N) is 3. The van der Waals surface area contributed by atoms with Gasteiger partial charge in [-0.3, -0.25) is 0 Å². The van der Waals surface area contributed by atoms with Gasteiger partial charge in [0.1, 0.15) is 10.8 Å². The molecule has 0 saturated carbocycles. The maximum Gasteiger partial charge on any atom is 0.130 e. The SMILES string of the molecule is N#CS.N#CS.[Ir].[c-]1ccccc1-c1cc2ccccc2cn1. The van der Waals surface area contributed by atoms with Crippen molar-refractivity contribution in [2.45, 2.75) is 0 Å². The van der Waals surface area contributed by atoms with Gasteiger partial charge in [-0.2, -0.15) is 10.5 Å². The van der Waals surface area contributed by atoms with E-state index in [0.717, 1.165) is 11.3 Å². The van der Waals surface area contributed by atoms with Gasteiger partial charge in [0, 0.05) is 26.3 Å². The van der Waals surface area contributed by atoms with Gasteiger partial charge in [-0.05, 0) is 16.5 Å². The number of pyridine rings is 1. The summed E-state index contributed by atoms with van der Waals surface area (Å²) in [5.74, 6) is 0. The molecule has 3 nitrogen and oxygen atoms in total. The minimum Gasteiger partial charge on any atom is -0.304 e. The second kappa shape index (κ2) is 12.7. The van der Waals surface area contributed by atoms with Crippen molar-refractivity contribution in [2.75, 3.05) is 0 Å². The summed E-state index contributed by atoms with van der Waals surface area (Å²) >= 11 is 6.19. The van der Waals surface area contributed by atoms with Crippen molar-refractivity contribution >= 4 is 36.0 Å². The summed E-state index contributed by atoms with van der Waals surface area (Å²) in [5.41, 5.74) is 2.01. The summed E-state index contributed by atoms with van der Waals surface area (Å²) in [6.07, 6.45) is 1.91. The summed E-state index contributed by atoms with van der Waals surface area (Å²) in [7, 11) is 0. The third kappa shape index (κ3) is 7.32. The molecular formula is C17H12IrN3S2-. The third-order valence-corrected chi connectivity index (χ3v) is 2.62. The van der Waals surface area contributed by atoms with E-state index >= 15 is 0 Å². The Balaban J connectivity index is 0.000000610. The number of hydrogen-bond acceptors (Lipinski definition) is 5. The number of aromatic nitrogens is 1. The molecule has 23 heavy (non-hydrogen) atoms. The van der Waals surface area contributed by atoms with Crippen LogP contribution in [0.2, 0.25) is 0 Å². The summed E-state index contributed by atoms with van der Waals surface area (Å²) < 4.78 is 0. The van der Waals surface area contributed by atoms with Gasteiger partial charge >= 0.3 is 0 Å². The number of rotatable bonds is 1. The van der Waals surface area contributed by atoms with Gasteiger partial charge in [-0.1, -0.05) is 55.6 Å². The summed E-state index contributed by atoms with van der Waals surface area (Å²) in [4.78, 5) is 4.45. The van der Waals surface area contributed by atoms with Crippen LogP contribution in [0.5, 0.6) is 0 Å². The average Bonchev–Trinajstić information content (AvgIpc) is 2.57. The Hall–Kier alpha value is -1.82. The maximum absolute atomic E-state index is 7.18. The predicted molar refractivity (Wildman–Crippen MR) is 95.2 cm³/mol. The molecule has 0 aliphatic carbocycles. The van der Waals surface area contributed by atoms with Crippen molar-refractivity contribution in [1.29, 1.82) is 10.5 Å². The molecule has 1 heterocycles. The van der Waals surface area contributed by atoms with E-state index < -0.39 is 0 Å². The average molecular weight is 515 g/mol. The van der Waals surface area contributed by atoms with Crippen LogP contribution < -0.4 is 0 Å². The third-order valence-electron chi connectivity index (χ3n) is 2.62. The molecule has 1 aromatic heterocycles. The molecule has 0 saturated heterocycles. The first kappa shape index (κ1) is 21.2. The van der Waals surface area contributed by atoms with E-state index in [1.807, 2.05) is 42.6 Å². The summed E-state index contributed by atoms with van der Waals surface area (Å²) in [5, 5.41) is 19.6. The molecular weight excluding hydrogens is 503 g/mol. The fourth-order valence-electron chi connectivity index (χ4n) is 1.78. The molecule has 2 aromatic carbocycles. The Morgan fingerprint density at radius 1 is 0.913 bits per heavy atom. The molecule has 0 N–H and O–H groups in total. The molecule has 3 rings (SSSR count). The van der Waals surface area contributed by atoms with E-state index in [4.69, 9.17) is 10.5 Å². The van der Waals surface area contributed by atoms with Crippen LogP contribution in [0.1, 0.15) is 0 Å². The van der Waals surface area contributed by atoms with E-state index in [1.165, 1.54) is 21.6 Å². The van der Waals surface area contributed by atoms with Crippen LogP contribution in [-0.4, -0.2) is 4.98 Å². The van der Waals surface area contributed by atoms with Crippen LogP contribution in [-0.2, 0) is 20.1 Å². The zero-order chi connectivity index (χ0) is 16.2. The van der Waals surface area contributed by atoms with Gasteiger partial charge in [0.25, 0.3) is 0 Å². The molecule has 0 aliphatic heterocycles. The van der Waals surface area contributed by atoms with Crippen LogP contribution in [0.15, 0.2) is 60.8 Å². The van der Waals surface area contributed by atoms with Gasteiger partial charge in [0.05, 0.1) is 0 Å². The van der Waals surface area contributed by atoms with Crippen molar-refractivity contribution in [3.63, 3.8) is 0 Å². The fourth-order valence-corrected chi connectivity index (χ4v) is 1.78. The standard InChI is InChI=1S/C15H10N.2CHNS.Ir/c1-2-6-12(7-3-1)15-10-13-8-4-5-9-14(13)11-16-15;2*2-1-3;/h1-6,8-11H;2*3H;/q-1;;;. The van der Waals surface area contributed by atoms with Crippen LogP contribution in [0.3, 0.4) is 0 Å². The molecule has 6 heteroatoms. The monoisotopic (exact) mass is 515 g/mol. The van der Waals surface area contributed by atoms with Crippen LogP contribution in [0.25, 0.3) is 22.0 Å². The molecule has 0 unspecified atom stereocenters. The topological polar surface area (TPSA) is 60.5 Å². The molecule has 0 aliphatic rings. The van der Waals surface area contributed by atoms with Crippen molar-refractivity contribution in [2.24, 2.45) is 0 Å². The minimum absolute atomic E-state index is 0. The molecule has 0 atom stereocenters. The Kier molecular flexibility index (Phi) is 11.7. The first-order valence-corrected chi connectivity index (χ1v) is 7.04. The first-order chi connectivity index (χ1) is 10.8. The Bertz CT molecular complexity index is 784. The zero-order valence-electron chi connectivity index (χ0n) is 11.8. The van der Waals surface area contributed by atoms with Gasteiger partial charge in [-0.25, -0.2) is 0 Å². The van der Waals surface area contributed by atoms with Crippen molar-refractivity contribution < 1.29 is 20.1 Å². The Morgan fingerprint density at radius 2 is 1.48 bits per heavy atom. The summed E-state index contributed by atoms with van der Waals surface area (Å²) in [6, 6.07) is 21.4. The van der Waals surface area contributed by atoms with E-state index in [0.29, 0.717) is 0 Å². The van der Waals surface area contributed by atoms with Gasteiger partial charge in [0.15, 0.2) is 0 Å². The van der Waals surface area contributed by atoms with Crippen molar-refractivity contribution in [3.05, 3.63) is 66.9 Å². The number of thiocyanates is 2. The molecule has 3 aromatic rings. The second-order valence-electron chi connectivity index (χ2n) is 3.89. The number of thiol groups is 2. The molecule has 0 spiro atoms. The molecule has 0 bridgehead atoms. The second-order valence-corrected chi connectivity index (χ2v) is 4.29. The minimum atomic E-state index is 0. The normalized spacial score (nSPS) is 8.00. The van der Waals surface area contributed by atoms with E-state index in [1.54, 1.807) is 0 Å². The largest absolute Gasteiger partial charge is 0.304 e. The smallest absolute Gasteiger partial charge is 0.130 e. The van der Waals surface area contributed by atoms with Gasteiger partial charge in [-0.15, -0.1) is 35.9 Å². The molecule has 1 radical (unpaired) electrons. The zero-order valence-corrected chi connectivity index (χ0v) is 16.0. The van der Waals surface area contributed by atoms with Crippen LogP contribution in [0, 0.1) is 27.4 Å². The number of hydrogen-bond donors (Lipinski definition) is 2. The predicted octanol–water partition coefficient (Wildman–Crippen LogP) is 4.49. The van der Waals surface area contributed by atoms with Crippen LogP contribution in [0.4, 0.5) is 0 Å². The summed E-state index contributed by atoms with van der Waals surface area (Å²) in [6.45, 7) is 0. The Labute approximate surface area is 160 Å². The molecule has 117 valence electrons.